The fraction of sp³-hybridized carbons (Fsp3) is 0.0476. The van der Waals surface area contributed by atoms with Crippen LogP contribution < -0.4 is 16.8 Å². The molecule has 1 amide bonds. The summed E-state index contributed by atoms with van der Waals surface area (Å²) in [6, 6.07) is 6.11. The number of carbonyl (C=O) groups excluding carboxylic acids is 1. The number of nitrogen functional groups attached to an aromatic ring is 1. The van der Waals surface area contributed by atoms with Crippen LogP contribution in [0.25, 0.3) is 6.08 Å². The van der Waals surface area contributed by atoms with Gasteiger partial charge in [0.1, 0.15) is 5.82 Å². The summed E-state index contributed by atoms with van der Waals surface area (Å²) in [6.45, 7) is 3.51. The average molecular weight is 416 g/mol. The number of carbonyl (C=O) groups is 1. The molecule has 0 radical (unpaired) electrons. The van der Waals surface area contributed by atoms with Crippen molar-refractivity contribution in [3.05, 3.63) is 88.6 Å². The second-order valence-corrected chi connectivity index (χ2v) is 6.36. The van der Waals surface area contributed by atoms with E-state index in [-0.39, 0.29) is 16.8 Å². The fourth-order valence-electron chi connectivity index (χ4n) is 2.86. The van der Waals surface area contributed by atoms with E-state index in [4.69, 9.17) is 11.5 Å². The maximum Gasteiger partial charge on any atom is 0.250 e. The zero-order chi connectivity index (χ0) is 22.0. The van der Waals surface area contributed by atoms with Gasteiger partial charge in [-0.1, -0.05) is 18.7 Å². The highest BCUT2D eigenvalue weighted by molar-refractivity contribution is 5.99. The number of hydrogen-bond acceptors (Lipinski definition) is 4. The van der Waals surface area contributed by atoms with E-state index in [1.165, 1.54) is 30.5 Å². The van der Waals surface area contributed by atoms with E-state index >= 15 is 0 Å². The molecule has 0 aliphatic heterocycles. The lowest BCUT2D eigenvalue weighted by Gasteiger charge is -2.16. The molecule has 5 N–H and O–H groups in total. The second-order valence-electron chi connectivity index (χ2n) is 6.36. The van der Waals surface area contributed by atoms with Crippen molar-refractivity contribution in [3.8, 4) is 0 Å². The number of rotatable bonds is 6. The van der Waals surface area contributed by atoms with E-state index in [2.05, 4.69) is 16.9 Å². The summed E-state index contributed by atoms with van der Waals surface area (Å²) in [5.74, 6) is -5.96. The van der Waals surface area contributed by atoms with Crippen molar-refractivity contribution >= 4 is 29.2 Å². The van der Waals surface area contributed by atoms with Gasteiger partial charge < -0.3 is 16.8 Å². The molecule has 2 aromatic carbocycles. The number of hydrogen-bond donors (Lipinski definition) is 3. The summed E-state index contributed by atoms with van der Waals surface area (Å²) in [4.78, 5) is 15.4. The van der Waals surface area contributed by atoms with E-state index in [1.807, 2.05) is 0 Å². The summed E-state index contributed by atoms with van der Waals surface area (Å²) in [7, 11) is 0. The number of pyridine rings is 1. The predicted octanol–water partition coefficient (Wildman–Crippen LogP) is 4.30. The Morgan fingerprint density at radius 3 is 2.43 bits per heavy atom. The number of nitrogens with zero attached hydrogens (tertiary/aromatic N) is 1. The highest BCUT2D eigenvalue weighted by atomic mass is 19.2. The zero-order valence-corrected chi connectivity index (χ0v) is 15.5. The first-order chi connectivity index (χ1) is 14.2. The molecule has 30 heavy (non-hydrogen) atoms. The van der Waals surface area contributed by atoms with Crippen LogP contribution in [0.1, 0.15) is 27.0 Å². The Morgan fingerprint density at radius 2 is 1.80 bits per heavy atom. The third kappa shape index (κ3) is 3.95. The van der Waals surface area contributed by atoms with Gasteiger partial charge in [0.2, 0.25) is 0 Å². The summed E-state index contributed by atoms with van der Waals surface area (Å²) in [5, 5.41) is 2.36. The number of aromatic nitrogens is 1. The molecule has 3 aromatic rings. The molecule has 5 nitrogen and oxygen atoms in total. The van der Waals surface area contributed by atoms with E-state index in [1.54, 1.807) is 0 Å². The van der Waals surface area contributed by atoms with Crippen LogP contribution in [0.5, 0.6) is 0 Å². The largest absolute Gasteiger partial charge is 0.381 e. The molecule has 9 heteroatoms. The molecule has 3 rings (SSSR count). The van der Waals surface area contributed by atoms with Gasteiger partial charge >= 0.3 is 0 Å². The van der Waals surface area contributed by atoms with Crippen molar-refractivity contribution in [1.29, 1.82) is 0 Å². The molecule has 1 heterocycles. The van der Waals surface area contributed by atoms with Crippen molar-refractivity contribution in [2.45, 2.75) is 6.42 Å². The minimum Gasteiger partial charge on any atom is -0.381 e. The standard InChI is InChI=1S/C21H16F4N4O/c1-2-10-3-4-15(14(22)7-10)29-19-13(21(27)30)9-12(16(23)18(19)25)8-11-5-6-28-20(26)17(11)24/h2-7,9,29H,1,8H2,(H2,26,28)(H2,27,30). The number of amides is 1. The Hall–Kier alpha value is -3.88. The topological polar surface area (TPSA) is 94.0 Å². The van der Waals surface area contributed by atoms with Crippen LogP contribution in [0.2, 0.25) is 0 Å². The molecular formula is C21H16F4N4O. The molecule has 0 saturated carbocycles. The molecule has 154 valence electrons. The highest BCUT2D eigenvalue weighted by Crippen LogP contribution is 2.31. The van der Waals surface area contributed by atoms with Crippen LogP contribution in [-0.2, 0) is 6.42 Å². The van der Waals surface area contributed by atoms with Crippen LogP contribution in [0, 0.1) is 23.3 Å². The van der Waals surface area contributed by atoms with Crippen molar-refractivity contribution in [2.24, 2.45) is 5.73 Å². The highest BCUT2D eigenvalue weighted by Gasteiger charge is 2.23. The van der Waals surface area contributed by atoms with Gasteiger partial charge in [-0.05, 0) is 41.0 Å². The summed E-state index contributed by atoms with van der Waals surface area (Å²) in [5.41, 5.74) is 9.50. The Bertz CT molecular complexity index is 1160. The molecule has 0 atom stereocenters. The third-order valence-corrected chi connectivity index (χ3v) is 4.41. The molecule has 0 unspecified atom stereocenters. The van der Waals surface area contributed by atoms with Crippen molar-refractivity contribution in [1.82, 2.24) is 4.98 Å². The quantitative estimate of drug-likeness (QED) is 0.523. The smallest absolute Gasteiger partial charge is 0.250 e. The molecule has 0 aliphatic carbocycles. The first-order valence-corrected chi connectivity index (χ1v) is 8.61. The zero-order valence-electron chi connectivity index (χ0n) is 15.5. The van der Waals surface area contributed by atoms with Crippen LogP contribution >= 0.6 is 0 Å². The normalized spacial score (nSPS) is 10.7. The van der Waals surface area contributed by atoms with Gasteiger partial charge in [0.15, 0.2) is 23.3 Å². The predicted molar refractivity (Wildman–Crippen MR) is 106 cm³/mol. The summed E-state index contributed by atoms with van der Waals surface area (Å²) >= 11 is 0. The van der Waals surface area contributed by atoms with Crippen LogP contribution in [0.4, 0.5) is 34.8 Å². The van der Waals surface area contributed by atoms with Gasteiger partial charge in [-0.15, -0.1) is 0 Å². The van der Waals surface area contributed by atoms with Gasteiger partial charge in [0, 0.05) is 12.6 Å². The molecule has 1 aromatic heterocycles. The molecule has 0 bridgehead atoms. The monoisotopic (exact) mass is 416 g/mol. The number of primary amides is 1. The van der Waals surface area contributed by atoms with E-state index in [9.17, 15) is 22.4 Å². The molecule has 0 aliphatic rings. The SMILES string of the molecule is C=Cc1ccc(Nc2c(C(N)=O)cc(Cc3ccnc(N)c3F)c(F)c2F)c(F)c1. The molecule has 0 fully saturated rings. The molecule has 0 spiro atoms. The maximum atomic E-state index is 14.8. The Morgan fingerprint density at radius 1 is 1.07 bits per heavy atom. The first kappa shape index (κ1) is 20.8. The lowest BCUT2D eigenvalue weighted by molar-refractivity contribution is 0.100. The van der Waals surface area contributed by atoms with Crippen molar-refractivity contribution in [3.63, 3.8) is 0 Å². The summed E-state index contributed by atoms with van der Waals surface area (Å²) in [6.07, 6.45) is 2.20. The van der Waals surface area contributed by atoms with Gasteiger partial charge in [0.05, 0.1) is 16.9 Å². The van der Waals surface area contributed by atoms with Crippen LogP contribution in [-0.4, -0.2) is 10.9 Å². The fourth-order valence-corrected chi connectivity index (χ4v) is 2.86. The van der Waals surface area contributed by atoms with Crippen LogP contribution in [0.3, 0.4) is 0 Å². The minimum atomic E-state index is -1.46. The van der Waals surface area contributed by atoms with E-state index < -0.39 is 52.7 Å². The third-order valence-electron chi connectivity index (χ3n) is 4.41. The Balaban J connectivity index is 2.07. The molecule has 0 saturated heterocycles. The lowest BCUT2D eigenvalue weighted by Crippen LogP contribution is -2.17. The number of nitrogens with one attached hydrogen (secondary N) is 1. The number of nitrogens with two attached hydrogens (primary N) is 2. The Labute approximate surface area is 169 Å². The van der Waals surface area contributed by atoms with Gasteiger partial charge in [-0.2, -0.15) is 0 Å². The second kappa shape index (κ2) is 8.24. The van der Waals surface area contributed by atoms with E-state index in [0.717, 1.165) is 12.1 Å². The number of halogens is 4. The Kier molecular flexibility index (Phi) is 5.72. The van der Waals surface area contributed by atoms with Crippen molar-refractivity contribution in [2.75, 3.05) is 11.1 Å². The minimum absolute atomic E-state index is 0.0528. The van der Waals surface area contributed by atoms with Gasteiger partial charge in [-0.3, -0.25) is 4.79 Å². The van der Waals surface area contributed by atoms with Crippen LogP contribution in [0.15, 0.2) is 43.1 Å². The number of benzene rings is 2. The molecular weight excluding hydrogens is 400 g/mol. The van der Waals surface area contributed by atoms with Gasteiger partial charge in [0.25, 0.3) is 5.91 Å². The first-order valence-electron chi connectivity index (χ1n) is 8.61. The maximum absolute atomic E-state index is 14.8. The van der Waals surface area contributed by atoms with Gasteiger partial charge in [-0.25, -0.2) is 22.5 Å². The number of anilines is 3. The average Bonchev–Trinajstić information content (AvgIpc) is 2.71. The summed E-state index contributed by atoms with van der Waals surface area (Å²) < 4.78 is 57.8. The van der Waals surface area contributed by atoms with E-state index in [0.29, 0.717) is 5.56 Å². The lowest BCUT2D eigenvalue weighted by atomic mass is 10.00. The van der Waals surface area contributed by atoms with Crippen molar-refractivity contribution < 1.29 is 22.4 Å².